The summed E-state index contributed by atoms with van der Waals surface area (Å²) in [5.74, 6) is 7.19. The van der Waals surface area contributed by atoms with Gasteiger partial charge in [0.25, 0.3) is 0 Å². The molecule has 2 atom stereocenters. The fourth-order valence-electron chi connectivity index (χ4n) is 7.41. The molecule has 2 bridgehead atoms. The second kappa shape index (κ2) is 9.51. The van der Waals surface area contributed by atoms with Gasteiger partial charge in [0.15, 0.2) is 17.2 Å². The maximum atomic E-state index is 16.7. The molecule has 6 heterocycles. The summed E-state index contributed by atoms with van der Waals surface area (Å²) in [6.45, 7) is 3.79. The fourth-order valence-corrected chi connectivity index (χ4v) is 8.06. The number of phenolic OH excluding ortho intramolecular Hbond substituents is 1. The van der Waals surface area contributed by atoms with Crippen LogP contribution in [0.5, 0.6) is 5.75 Å². The Morgan fingerprint density at radius 3 is 2.73 bits per heavy atom. The average molecular weight is 568 g/mol. The van der Waals surface area contributed by atoms with Gasteiger partial charge in [-0.3, -0.25) is 4.90 Å². The Hall–Kier alpha value is -3.52. The highest BCUT2D eigenvalue weighted by Crippen LogP contribution is 2.41. The molecule has 0 aliphatic carbocycles. The fraction of sp³-hybridized carbons (Fsp3) is 0.419. The molecule has 4 aliphatic heterocycles. The summed E-state index contributed by atoms with van der Waals surface area (Å²) in [7, 11) is 0. The van der Waals surface area contributed by atoms with Crippen LogP contribution in [0.15, 0.2) is 35.2 Å². The third kappa shape index (κ3) is 3.97. The molecule has 8 nitrogen and oxygen atoms in total. The van der Waals surface area contributed by atoms with Gasteiger partial charge in [-0.2, -0.15) is 0 Å². The van der Waals surface area contributed by atoms with Crippen LogP contribution in [0.3, 0.4) is 0 Å². The molecule has 4 aromatic rings. The van der Waals surface area contributed by atoms with Crippen molar-refractivity contribution < 1.29 is 9.50 Å². The number of piperazine rings is 1. The molecule has 41 heavy (non-hydrogen) atoms. The van der Waals surface area contributed by atoms with Gasteiger partial charge in [0, 0.05) is 41.0 Å². The lowest BCUT2D eigenvalue weighted by molar-refractivity contribution is 0.261. The molecule has 0 spiro atoms. The first-order chi connectivity index (χ1) is 20.0. The highest BCUT2D eigenvalue weighted by atomic mass is 32.2. The Labute approximate surface area is 241 Å². The van der Waals surface area contributed by atoms with Crippen molar-refractivity contribution in [3.63, 3.8) is 0 Å². The van der Waals surface area contributed by atoms with Crippen LogP contribution in [0.2, 0.25) is 0 Å². The molecule has 10 heteroatoms. The SMILES string of the molecule is CSc1cccc2cc(O)cc(-c3nnc4c(N5C[C@H]6C[C@@H]5CN6)nc(C#CC56CCCN5CCC6)nc4c3F)c12. The van der Waals surface area contributed by atoms with Gasteiger partial charge in [-0.05, 0) is 81.0 Å². The van der Waals surface area contributed by atoms with E-state index in [2.05, 4.69) is 42.1 Å². The van der Waals surface area contributed by atoms with Crippen molar-refractivity contribution >= 4 is 39.4 Å². The molecule has 4 aliphatic rings. The number of aromatic hydroxyl groups is 1. The lowest BCUT2D eigenvalue weighted by Crippen LogP contribution is -2.44. The molecular weight excluding hydrogens is 537 g/mol. The summed E-state index contributed by atoms with van der Waals surface area (Å²) in [6.07, 6.45) is 7.39. The zero-order valence-corrected chi connectivity index (χ0v) is 23.6. The number of benzene rings is 2. The minimum absolute atomic E-state index is 0.0412. The molecule has 2 aromatic heterocycles. The topological polar surface area (TPSA) is 90.3 Å². The molecule has 0 amide bonds. The lowest BCUT2D eigenvalue weighted by atomic mass is 9.95. The molecule has 2 N–H and O–H groups in total. The number of anilines is 1. The Balaban J connectivity index is 1.33. The van der Waals surface area contributed by atoms with Crippen LogP contribution in [0, 0.1) is 17.7 Å². The summed E-state index contributed by atoms with van der Waals surface area (Å²) in [4.78, 5) is 15.2. The van der Waals surface area contributed by atoms with Crippen molar-refractivity contribution in [3.05, 3.63) is 42.0 Å². The second-order valence-corrected chi connectivity index (χ2v) is 12.5. The van der Waals surface area contributed by atoms with Gasteiger partial charge in [0.05, 0.1) is 5.54 Å². The number of phenols is 1. The first-order valence-corrected chi connectivity index (χ1v) is 15.6. The Kier molecular flexibility index (Phi) is 5.85. The largest absolute Gasteiger partial charge is 0.508 e. The molecule has 208 valence electrons. The standard InChI is InChI=1S/C31H30FN7OS/c1-41-23-6-2-5-18-13-21(40)15-22(25(18)23)27-26(32)28-29(37-36-27)30(39-17-19-14-20(39)16-33-19)35-24(34-28)7-10-31-8-3-11-38(31)12-4-9-31/h2,5-6,13,15,19-20,33,40H,3-4,8-9,11-12,14,16-17H2,1H3/t19-,20-/m1/s1. The number of fused-ring (bicyclic) bond motifs is 5. The van der Waals surface area contributed by atoms with E-state index in [4.69, 9.17) is 4.98 Å². The molecular formula is C31H30FN7OS. The monoisotopic (exact) mass is 567 g/mol. The maximum absolute atomic E-state index is 16.7. The van der Waals surface area contributed by atoms with Crippen LogP contribution in [0.25, 0.3) is 33.1 Å². The lowest BCUT2D eigenvalue weighted by Gasteiger charge is -2.29. The number of hydrogen-bond donors (Lipinski definition) is 2. The van der Waals surface area contributed by atoms with Crippen LogP contribution in [-0.4, -0.2) is 80.2 Å². The van der Waals surface area contributed by atoms with Crippen LogP contribution in [0.1, 0.15) is 37.9 Å². The molecule has 2 aromatic carbocycles. The van der Waals surface area contributed by atoms with Crippen LogP contribution in [-0.2, 0) is 0 Å². The second-order valence-electron chi connectivity index (χ2n) is 11.6. The number of halogens is 1. The molecule has 4 fully saturated rings. The van der Waals surface area contributed by atoms with E-state index in [1.165, 1.54) is 0 Å². The van der Waals surface area contributed by atoms with Crippen LogP contribution in [0.4, 0.5) is 10.2 Å². The third-order valence-electron chi connectivity index (χ3n) is 9.31. The normalized spacial score (nSPS) is 22.9. The van der Waals surface area contributed by atoms with E-state index >= 15 is 4.39 Å². The average Bonchev–Trinajstić information content (AvgIpc) is 3.77. The van der Waals surface area contributed by atoms with E-state index in [1.54, 1.807) is 23.9 Å². The predicted octanol–water partition coefficient (Wildman–Crippen LogP) is 4.34. The number of nitrogens with one attached hydrogen (secondary N) is 1. The third-order valence-corrected chi connectivity index (χ3v) is 10.1. The van der Waals surface area contributed by atoms with E-state index in [-0.39, 0.29) is 28.5 Å². The summed E-state index contributed by atoms with van der Waals surface area (Å²) in [5.41, 5.74) is 0.889. The number of aromatic nitrogens is 4. The number of hydrogen-bond acceptors (Lipinski definition) is 9. The quantitative estimate of drug-likeness (QED) is 0.277. The highest BCUT2D eigenvalue weighted by molar-refractivity contribution is 7.98. The zero-order valence-electron chi connectivity index (χ0n) is 22.8. The van der Waals surface area contributed by atoms with Crippen LogP contribution < -0.4 is 10.2 Å². The van der Waals surface area contributed by atoms with E-state index in [1.807, 2.05) is 24.5 Å². The smallest absolute Gasteiger partial charge is 0.207 e. The Bertz CT molecular complexity index is 1780. The summed E-state index contributed by atoms with van der Waals surface area (Å²) in [6, 6.07) is 9.71. The predicted molar refractivity (Wildman–Crippen MR) is 159 cm³/mol. The summed E-state index contributed by atoms with van der Waals surface area (Å²) in [5, 5.41) is 24.7. The highest BCUT2D eigenvalue weighted by Gasteiger charge is 2.43. The van der Waals surface area contributed by atoms with E-state index < -0.39 is 5.82 Å². The number of thioether (sulfide) groups is 1. The van der Waals surface area contributed by atoms with Crippen LogP contribution >= 0.6 is 11.8 Å². The first kappa shape index (κ1) is 25.2. The van der Waals surface area contributed by atoms with Crippen molar-refractivity contribution in [1.29, 1.82) is 0 Å². The zero-order chi connectivity index (χ0) is 27.7. The number of nitrogens with zero attached hydrogens (tertiary/aromatic N) is 6. The van der Waals surface area contributed by atoms with Gasteiger partial charge >= 0.3 is 0 Å². The van der Waals surface area contributed by atoms with Crippen molar-refractivity contribution in [2.45, 2.75) is 54.6 Å². The number of rotatable bonds is 3. The van der Waals surface area contributed by atoms with Crippen molar-refractivity contribution in [2.75, 3.05) is 37.3 Å². The van der Waals surface area contributed by atoms with Gasteiger partial charge < -0.3 is 15.3 Å². The molecule has 4 saturated heterocycles. The maximum Gasteiger partial charge on any atom is 0.207 e. The van der Waals surface area contributed by atoms with E-state index in [0.717, 1.165) is 74.0 Å². The Morgan fingerprint density at radius 2 is 1.98 bits per heavy atom. The summed E-state index contributed by atoms with van der Waals surface area (Å²) < 4.78 is 16.7. The molecule has 0 unspecified atom stereocenters. The summed E-state index contributed by atoms with van der Waals surface area (Å²) >= 11 is 1.56. The van der Waals surface area contributed by atoms with E-state index in [9.17, 15) is 5.11 Å². The van der Waals surface area contributed by atoms with Crippen molar-refractivity contribution in [1.82, 2.24) is 30.4 Å². The van der Waals surface area contributed by atoms with Gasteiger partial charge in [-0.25, -0.2) is 14.4 Å². The van der Waals surface area contributed by atoms with Gasteiger partial charge in [0.1, 0.15) is 17.0 Å². The van der Waals surface area contributed by atoms with E-state index in [0.29, 0.717) is 28.8 Å². The van der Waals surface area contributed by atoms with Crippen molar-refractivity contribution in [2.24, 2.45) is 0 Å². The molecule has 0 radical (unpaired) electrons. The minimum atomic E-state index is -0.575. The Morgan fingerprint density at radius 1 is 1.12 bits per heavy atom. The van der Waals surface area contributed by atoms with Crippen molar-refractivity contribution in [3.8, 4) is 28.8 Å². The van der Waals surface area contributed by atoms with Gasteiger partial charge in [0.2, 0.25) is 5.82 Å². The first-order valence-electron chi connectivity index (χ1n) is 14.4. The molecule has 8 rings (SSSR count). The van der Waals surface area contributed by atoms with Gasteiger partial charge in [-0.15, -0.1) is 22.0 Å². The van der Waals surface area contributed by atoms with Gasteiger partial charge in [-0.1, -0.05) is 18.1 Å². The minimum Gasteiger partial charge on any atom is -0.508 e. The molecule has 0 saturated carbocycles.